The number of hydrogen-bond donors (Lipinski definition) is 0. The molecule has 21 heavy (non-hydrogen) atoms. The maximum absolute atomic E-state index is 5.88. The highest BCUT2D eigenvalue weighted by Gasteiger charge is 2.38. The lowest BCUT2D eigenvalue weighted by Crippen LogP contribution is -2.40. The highest BCUT2D eigenvalue weighted by Crippen LogP contribution is 2.43. The van der Waals surface area contributed by atoms with Gasteiger partial charge in [0, 0.05) is 14.2 Å². The van der Waals surface area contributed by atoms with E-state index in [1.165, 1.54) is 32.1 Å². The van der Waals surface area contributed by atoms with Crippen LogP contribution in [0.2, 0.25) is 0 Å². The van der Waals surface area contributed by atoms with Gasteiger partial charge < -0.3 is 9.47 Å². The van der Waals surface area contributed by atoms with Gasteiger partial charge in [-0.05, 0) is 67.6 Å². The second-order valence-electron chi connectivity index (χ2n) is 8.24. The van der Waals surface area contributed by atoms with Crippen molar-refractivity contribution in [1.82, 2.24) is 0 Å². The van der Waals surface area contributed by atoms with E-state index in [9.17, 15) is 0 Å². The molecule has 0 heterocycles. The fourth-order valence-electron chi connectivity index (χ4n) is 5.70. The first-order valence-electron chi connectivity index (χ1n) is 9.01. The Morgan fingerprint density at radius 1 is 0.714 bits per heavy atom. The minimum Gasteiger partial charge on any atom is -0.381 e. The molecule has 0 aromatic carbocycles. The van der Waals surface area contributed by atoms with Crippen molar-refractivity contribution in [1.29, 1.82) is 0 Å². The van der Waals surface area contributed by atoms with Gasteiger partial charge in [0.2, 0.25) is 0 Å². The van der Waals surface area contributed by atoms with Crippen molar-refractivity contribution < 1.29 is 9.47 Å². The molecule has 2 aliphatic carbocycles. The number of ether oxygens (including phenoxy) is 2. The van der Waals surface area contributed by atoms with Gasteiger partial charge in [-0.1, -0.05) is 27.7 Å². The smallest absolute Gasteiger partial charge is 0.0625 e. The average molecular weight is 296 g/mol. The van der Waals surface area contributed by atoms with Gasteiger partial charge in [-0.3, -0.25) is 0 Å². The number of methoxy groups -OCH3 is 2. The third-order valence-electron chi connectivity index (χ3n) is 6.22. The van der Waals surface area contributed by atoms with Crippen LogP contribution in [0.15, 0.2) is 0 Å². The van der Waals surface area contributed by atoms with Crippen molar-refractivity contribution in [3.05, 3.63) is 0 Å². The van der Waals surface area contributed by atoms with E-state index >= 15 is 0 Å². The number of rotatable bonds is 4. The Kier molecular flexibility index (Phi) is 6.14. The van der Waals surface area contributed by atoms with Crippen molar-refractivity contribution in [2.24, 2.45) is 35.5 Å². The quantitative estimate of drug-likeness (QED) is 0.744. The molecule has 2 heteroatoms. The van der Waals surface area contributed by atoms with Gasteiger partial charge in [-0.2, -0.15) is 0 Å². The molecule has 2 nitrogen and oxygen atoms in total. The Labute approximate surface area is 132 Å². The molecule has 124 valence electrons. The Hall–Kier alpha value is -0.0800. The largest absolute Gasteiger partial charge is 0.381 e. The highest BCUT2D eigenvalue weighted by molar-refractivity contribution is 4.89. The fraction of sp³-hybridized carbons (Fsp3) is 1.00. The second kappa shape index (κ2) is 7.46. The van der Waals surface area contributed by atoms with E-state index in [1.807, 2.05) is 14.2 Å². The van der Waals surface area contributed by atoms with E-state index < -0.39 is 0 Å². The van der Waals surface area contributed by atoms with Gasteiger partial charge in [0.15, 0.2) is 0 Å². The standard InChI is InChI=1S/C19H36O2/c1-12-7-13(2)19(21-6)17(8-12)11-16-9-14(3)18(20-5)15(4)10-16/h12-19H,7-11H2,1-6H3. The van der Waals surface area contributed by atoms with E-state index in [1.54, 1.807) is 0 Å². The van der Waals surface area contributed by atoms with Gasteiger partial charge in [-0.25, -0.2) is 0 Å². The van der Waals surface area contributed by atoms with Crippen molar-refractivity contribution >= 4 is 0 Å². The first-order valence-corrected chi connectivity index (χ1v) is 9.01. The third kappa shape index (κ3) is 4.01. The maximum Gasteiger partial charge on any atom is 0.0625 e. The lowest BCUT2D eigenvalue weighted by molar-refractivity contribution is -0.0556. The Balaban J connectivity index is 1.96. The first kappa shape index (κ1) is 17.3. The zero-order valence-electron chi connectivity index (χ0n) is 15.0. The van der Waals surface area contributed by atoms with Crippen LogP contribution in [0.4, 0.5) is 0 Å². The molecule has 0 aromatic heterocycles. The molecule has 0 bridgehead atoms. The van der Waals surface area contributed by atoms with Crippen LogP contribution in [-0.2, 0) is 9.47 Å². The van der Waals surface area contributed by atoms with Crippen LogP contribution in [0.1, 0.15) is 59.8 Å². The van der Waals surface area contributed by atoms with Crippen LogP contribution >= 0.6 is 0 Å². The molecule has 2 saturated carbocycles. The van der Waals surface area contributed by atoms with Gasteiger partial charge in [0.25, 0.3) is 0 Å². The SMILES string of the molecule is COC1C(C)CC(CC2CC(C)CC(C)C2OC)CC1C. The second-order valence-corrected chi connectivity index (χ2v) is 8.24. The zero-order valence-corrected chi connectivity index (χ0v) is 15.0. The molecule has 2 fully saturated rings. The molecular formula is C19H36O2. The monoisotopic (exact) mass is 296 g/mol. The normalized spacial score (nSPS) is 48.3. The van der Waals surface area contributed by atoms with Crippen molar-refractivity contribution in [3.63, 3.8) is 0 Å². The molecule has 6 atom stereocenters. The molecule has 2 aliphatic rings. The lowest BCUT2D eigenvalue weighted by Gasteiger charge is -2.43. The summed E-state index contributed by atoms with van der Waals surface area (Å²) in [5, 5.41) is 0. The van der Waals surface area contributed by atoms with Crippen molar-refractivity contribution in [2.45, 2.75) is 72.0 Å². The molecule has 0 aliphatic heterocycles. The summed E-state index contributed by atoms with van der Waals surface area (Å²) in [6, 6.07) is 0. The molecule has 0 spiro atoms. The van der Waals surface area contributed by atoms with Gasteiger partial charge in [-0.15, -0.1) is 0 Å². The van der Waals surface area contributed by atoms with Crippen LogP contribution in [0, 0.1) is 35.5 Å². The number of hydrogen-bond acceptors (Lipinski definition) is 2. The molecule has 2 rings (SSSR count). The van der Waals surface area contributed by atoms with Crippen molar-refractivity contribution in [3.8, 4) is 0 Å². The minimum absolute atomic E-state index is 0.462. The molecule has 0 N–H and O–H groups in total. The first-order chi connectivity index (χ1) is 9.96. The minimum atomic E-state index is 0.462. The Morgan fingerprint density at radius 3 is 1.76 bits per heavy atom. The lowest BCUT2D eigenvalue weighted by atomic mass is 9.66. The summed E-state index contributed by atoms with van der Waals surface area (Å²) in [4.78, 5) is 0. The topological polar surface area (TPSA) is 18.5 Å². The van der Waals surface area contributed by atoms with Crippen molar-refractivity contribution in [2.75, 3.05) is 14.2 Å². The van der Waals surface area contributed by atoms with Gasteiger partial charge in [0.1, 0.15) is 0 Å². The van der Waals surface area contributed by atoms with Crippen LogP contribution in [-0.4, -0.2) is 26.4 Å². The summed E-state index contributed by atoms with van der Waals surface area (Å²) in [7, 11) is 3.79. The predicted molar refractivity (Wildman–Crippen MR) is 88.3 cm³/mol. The molecule has 0 radical (unpaired) electrons. The molecule has 0 aromatic rings. The van der Waals surface area contributed by atoms with E-state index in [2.05, 4.69) is 27.7 Å². The van der Waals surface area contributed by atoms with Gasteiger partial charge in [0.05, 0.1) is 12.2 Å². The summed E-state index contributed by atoms with van der Waals surface area (Å²) in [5.74, 6) is 4.60. The third-order valence-corrected chi connectivity index (χ3v) is 6.22. The Morgan fingerprint density at radius 2 is 1.24 bits per heavy atom. The molecule has 0 amide bonds. The van der Waals surface area contributed by atoms with E-state index in [-0.39, 0.29) is 0 Å². The summed E-state index contributed by atoms with van der Waals surface area (Å²) >= 11 is 0. The predicted octanol–water partition coefficient (Wildman–Crippen LogP) is 4.77. The maximum atomic E-state index is 5.88. The van der Waals surface area contributed by atoms with Gasteiger partial charge >= 0.3 is 0 Å². The van der Waals surface area contributed by atoms with Crippen LogP contribution < -0.4 is 0 Å². The molecule has 6 unspecified atom stereocenters. The fourth-order valence-corrected chi connectivity index (χ4v) is 5.70. The molecule has 0 saturated heterocycles. The van der Waals surface area contributed by atoms with Crippen LogP contribution in [0.5, 0.6) is 0 Å². The van der Waals surface area contributed by atoms with E-state index in [4.69, 9.17) is 9.47 Å². The molecular weight excluding hydrogens is 260 g/mol. The highest BCUT2D eigenvalue weighted by atomic mass is 16.5. The summed E-state index contributed by atoms with van der Waals surface area (Å²) in [6.07, 6.45) is 7.65. The Bertz CT molecular complexity index is 305. The van der Waals surface area contributed by atoms with Crippen LogP contribution in [0.25, 0.3) is 0 Å². The van der Waals surface area contributed by atoms with E-state index in [0.29, 0.717) is 30.0 Å². The summed E-state index contributed by atoms with van der Waals surface area (Å²) in [5.41, 5.74) is 0. The van der Waals surface area contributed by atoms with E-state index in [0.717, 1.165) is 17.8 Å². The summed E-state index contributed by atoms with van der Waals surface area (Å²) < 4.78 is 11.6. The summed E-state index contributed by atoms with van der Waals surface area (Å²) in [6.45, 7) is 9.54. The van der Waals surface area contributed by atoms with Crippen LogP contribution in [0.3, 0.4) is 0 Å². The zero-order chi connectivity index (χ0) is 15.6. The average Bonchev–Trinajstić information content (AvgIpc) is 2.37.